The number of benzene rings is 2. The van der Waals surface area contributed by atoms with Gasteiger partial charge < -0.3 is 14.4 Å². The zero-order valence-corrected chi connectivity index (χ0v) is 16.7. The molecule has 0 aliphatic carbocycles. The molecule has 0 fully saturated rings. The van der Waals surface area contributed by atoms with Gasteiger partial charge in [-0.15, -0.1) is 0 Å². The van der Waals surface area contributed by atoms with Crippen LogP contribution in [0.3, 0.4) is 0 Å². The molecule has 27 heavy (non-hydrogen) atoms. The number of amides is 1. The molecule has 146 valence electrons. The third-order valence-electron chi connectivity index (χ3n) is 4.06. The van der Waals surface area contributed by atoms with Gasteiger partial charge in [0.05, 0.1) is 24.8 Å². The summed E-state index contributed by atoms with van der Waals surface area (Å²) in [5.74, 6) is 0.922. The Balaban J connectivity index is 2.13. The van der Waals surface area contributed by atoms with E-state index in [2.05, 4.69) is 4.72 Å². The van der Waals surface area contributed by atoms with Crippen LogP contribution < -0.4 is 19.1 Å². The van der Waals surface area contributed by atoms with Crippen molar-refractivity contribution >= 4 is 21.6 Å². The Hall–Kier alpha value is -2.58. The quantitative estimate of drug-likeness (QED) is 0.745. The fourth-order valence-corrected chi connectivity index (χ4v) is 3.97. The molecule has 0 atom stereocenters. The summed E-state index contributed by atoms with van der Waals surface area (Å²) in [6, 6.07) is 11.8. The number of rotatable bonds is 8. The number of methoxy groups -OCH3 is 2. The fraction of sp³-hybridized carbons (Fsp3) is 0.316. The van der Waals surface area contributed by atoms with Gasteiger partial charge in [0.15, 0.2) is 0 Å². The lowest BCUT2D eigenvalue weighted by atomic mass is 10.2. The smallest absolute Gasteiger partial charge is 0.240 e. The summed E-state index contributed by atoms with van der Waals surface area (Å²) in [4.78, 5) is 13.7. The maximum absolute atomic E-state index is 12.6. The molecule has 0 bridgehead atoms. The average molecular weight is 392 g/mol. The molecule has 8 heteroatoms. The molecular formula is C19H24N2O5S. The molecule has 0 saturated carbocycles. The lowest BCUT2D eigenvalue weighted by molar-refractivity contribution is -0.116. The van der Waals surface area contributed by atoms with Crippen LogP contribution in [0.2, 0.25) is 0 Å². The third kappa shape index (κ3) is 4.99. The van der Waals surface area contributed by atoms with E-state index in [-0.39, 0.29) is 23.9 Å². The van der Waals surface area contributed by atoms with Crippen molar-refractivity contribution in [2.45, 2.75) is 18.7 Å². The predicted octanol–water partition coefficient (Wildman–Crippen LogP) is 2.34. The van der Waals surface area contributed by atoms with Gasteiger partial charge in [-0.25, -0.2) is 13.1 Å². The van der Waals surface area contributed by atoms with E-state index < -0.39 is 10.0 Å². The van der Waals surface area contributed by atoms with Crippen molar-refractivity contribution in [2.24, 2.45) is 0 Å². The summed E-state index contributed by atoms with van der Waals surface area (Å²) in [5, 5.41) is 0. The fourth-order valence-electron chi connectivity index (χ4n) is 2.72. The van der Waals surface area contributed by atoms with Crippen molar-refractivity contribution < 1.29 is 22.7 Å². The second-order valence-electron chi connectivity index (χ2n) is 5.87. The molecule has 2 aromatic rings. The number of nitrogens with zero attached hydrogens (tertiary/aromatic N) is 1. The Morgan fingerprint density at radius 2 is 1.81 bits per heavy atom. The number of anilines is 1. The minimum atomic E-state index is -3.71. The number of hydrogen-bond donors (Lipinski definition) is 1. The van der Waals surface area contributed by atoms with Gasteiger partial charge >= 0.3 is 0 Å². The number of sulfonamides is 1. The van der Waals surface area contributed by atoms with Crippen LogP contribution in [0.4, 0.5) is 5.69 Å². The van der Waals surface area contributed by atoms with E-state index in [1.54, 1.807) is 43.3 Å². The first kappa shape index (κ1) is 20.7. The molecule has 0 aromatic heterocycles. The van der Waals surface area contributed by atoms with Gasteiger partial charge in [0, 0.05) is 20.0 Å². The van der Waals surface area contributed by atoms with E-state index in [4.69, 9.17) is 9.47 Å². The lowest BCUT2D eigenvalue weighted by Crippen LogP contribution is -2.37. The second-order valence-corrected chi connectivity index (χ2v) is 7.61. The monoisotopic (exact) mass is 392 g/mol. The van der Waals surface area contributed by atoms with E-state index in [1.807, 2.05) is 0 Å². The van der Waals surface area contributed by atoms with Gasteiger partial charge in [-0.3, -0.25) is 4.79 Å². The molecule has 0 aliphatic heterocycles. The first-order valence-electron chi connectivity index (χ1n) is 8.35. The molecule has 0 aliphatic rings. The third-order valence-corrected chi connectivity index (χ3v) is 5.68. The Kier molecular flexibility index (Phi) is 6.81. The van der Waals surface area contributed by atoms with Gasteiger partial charge in [0.2, 0.25) is 15.9 Å². The first-order valence-corrected chi connectivity index (χ1v) is 9.84. The summed E-state index contributed by atoms with van der Waals surface area (Å²) < 4.78 is 38.1. The number of para-hydroxylation sites is 2. The average Bonchev–Trinajstić information content (AvgIpc) is 2.64. The van der Waals surface area contributed by atoms with Crippen LogP contribution in [-0.2, 0) is 14.8 Å². The van der Waals surface area contributed by atoms with Crippen molar-refractivity contribution in [1.29, 1.82) is 0 Å². The van der Waals surface area contributed by atoms with Crippen molar-refractivity contribution in [3.8, 4) is 11.5 Å². The topological polar surface area (TPSA) is 84.9 Å². The van der Waals surface area contributed by atoms with E-state index in [0.717, 1.165) is 0 Å². The molecule has 0 unspecified atom stereocenters. The molecule has 0 heterocycles. The molecule has 0 radical (unpaired) electrons. The van der Waals surface area contributed by atoms with Gasteiger partial charge in [-0.1, -0.05) is 12.1 Å². The van der Waals surface area contributed by atoms with Crippen LogP contribution in [0, 0.1) is 6.92 Å². The van der Waals surface area contributed by atoms with Crippen LogP contribution >= 0.6 is 0 Å². The minimum Gasteiger partial charge on any atom is -0.497 e. The normalized spacial score (nSPS) is 11.1. The minimum absolute atomic E-state index is 0.0609. The van der Waals surface area contributed by atoms with Crippen LogP contribution in [0.25, 0.3) is 0 Å². The second kappa shape index (κ2) is 8.88. The molecule has 0 saturated heterocycles. The first-order chi connectivity index (χ1) is 12.8. The number of aryl methyl sites for hydroxylation is 1. The summed E-state index contributed by atoms with van der Waals surface area (Å²) >= 11 is 0. The number of hydrogen-bond acceptors (Lipinski definition) is 5. The maximum atomic E-state index is 12.6. The zero-order chi connectivity index (χ0) is 20.0. The van der Waals surface area contributed by atoms with E-state index in [1.165, 1.54) is 32.1 Å². The van der Waals surface area contributed by atoms with Crippen LogP contribution in [0.5, 0.6) is 11.5 Å². The Morgan fingerprint density at radius 1 is 1.11 bits per heavy atom. The van der Waals surface area contributed by atoms with Gasteiger partial charge in [-0.05, 0) is 42.8 Å². The highest BCUT2D eigenvalue weighted by molar-refractivity contribution is 7.89. The molecule has 2 aromatic carbocycles. The van der Waals surface area contributed by atoms with Gasteiger partial charge in [0.1, 0.15) is 11.5 Å². The predicted molar refractivity (Wildman–Crippen MR) is 104 cm³/mol. The number of nitrogens with one attached hydrogen (secondary N) is 1. The van der Waals surface area contributed by atoms with E-state index >= 15 is 0 Å². The number of carbonyl (C=O) groups excluding carboxylic acids is 1. The Morgan fingerprint density at radius 3 is 2.41 bits per heavy atom. The van der Waals surface area contributed by atoms with E-state index in [9.17, 15) is 13.2 Å². The van der Waals surface area contributed by atoms with E-state index in [0.29, 0.717) is 22.7 Å². The van der Waals surface area contributed by atoms with Gasteiger partial charge in [0.25, 0.3) is 0 Å². The van der Waals surface area contributed by atoms with Crippen LogP contribution in [0.15, 0.2) is 47.4 Å². The van der Waals surface area contributed by atoms with Crippen molar-refractivity contribution in [3.05, 3.63) is 48.0 Å². The van der Waals surface area contributed by atoms with Crippen molar-refractivity contribution in [1.82, 2.24) is 4.72 Å². The molecular weight excluding hydrogens is 368 g/mol. The highest BCUT2D eigenvalue weighted by Crippen LogP contribution is 2.27. The summed E-state index contributed by atoms with van der Waals surface area (Å²) in [6.45, 7) is 3.36. The molecule has 7 nitrogen and oxygen atoms in total. The lowest BCUT2D eigenvalue weighted by Gasteiger charge is -2.23. The molecule has 1 amide bonds. The van der Waals surface area contributed by atoms with Crippen LogP contribution in [0.1, 0.15) is 12.5 Å². The highest BCUT2D eigenvalue weighted by Gasteiger charge is 2.19. The Bertz CT molecular complexity index is 912. The number of ether oxygens (including phenoxy) is 2. The van der Waals surface area contributed by atoms with Gasteiger partial charge in [-0.2, -0.15) is 0 Å². The molecule has 0 spiro atoms. The maximum Gasteiger partial charge on any atom is 0.240 e. The summed E-state index contributed by atoms with van der Waals surface area (Å²) in [5.41, 5.74) is 1.17. The summed E-state index contributed by atoms with van der Waals surface area (Å²) in [7, 11) is -0.667. The SMILES string of the molecule is COc1ccc(S(=O)(=O)NCCN(C(C)=O)c2ccccc2OC)c(C)c1. The largest absolute Gasteiger partial charge is 0.497 e. The van der Waals surface area contributed by atoms with Crippen LogP contribution in [-0.4, -0.2) is 41.6 Å². The summed E-state index contributed by atoms with van der Waals surface area (Å²) in [6.07, 6.45) is 0. The van der Waals surface area contributed by atoms with Crippen molar-refractivity contribution in [3.63, 3.8) is 0 Å². The van der Waals surface area contributed by atoms with Crippen molar-refractivity contribution in [2.75, 3.05) is 32.2 Å². The highest BCUT2D eigenvalue weighted by atomic mass is 32.2. The number of carbonyl (C=O) groups is 1. The zero-order valence-electron chi connectivity index (χ0n) is 15.9. The Labute approximate surface area is 160 Å². The molecule has 1 N–H and O–H groups in total. The molecule has 2 rings (SSSR count). The standard InChI is InChI=1S/C19H24N2O5S/c1-14-13-16(25-3)9-10-19(14)27(23,24)20-11-12-21(15(2)22)17-7-5-6-8-18(17)26-4/h5-10,13,20H,11-12H2,1-4H3.